The maximum atomic E-state index is 11.9. The number of methoxy groups -OCH3 is 1. The molecule has 1 aliphatic heterocycles. The number of anilines is 1. The summed E-state index contributed by atoms with van der Waals surface area (Å²) in [6.07, 6.45) is 3.67. The summed E-state index contributed by atoms with van der Waals surface area (Å²) in [4.78, 5) is 33.4. The molecule has 1 aromatic heterocycles. The van der Waals surface area contributed by atoms with Crippen LogP contribution in [0.25, 0.3) is 0 Å². The van der Waals surface area contributed by atoms with Crippen molar-refractivity contribution in [1.82, 2.24) is 15.3 Å². The van der Waals surface area contributed by atoms with Crippen molar-refractivity contribution in [1.29, 1.82) is 0 Å². The fourth-order valence-corrected chi connectivity index (χ4v) is 2.34. The van der Waals surface area contributed by atoms with E-state index in [4.69, 9.17) is 0 Å². The molecule has 0 aliphatic carbocycles. The molecule has 2 heterocycles. The lowest BCUT2D eigenvalue weighted by molar-refractivity contribution is -0.128. The highest BCUT2D eigenvalue weighted by Crippen LogP contribution is 2.32. The molecule has 1 aromatic rings. The summed E-state index contributed by atoms with van der Waals surface area (Å²) >= 11 is 0. The van der Waals surface area contributed by atoms with Gasteiger partial charge in [0.05, 0.1) is 24.9 Å². The van der Waals surface area contributed by atoms with E-state index in [1.807, 2.05) is 11.8 Å². The monoisotopic (exact) mass is 278 g/mol. The van der Waals surface area contributed by atoms with Gasteiger partial charge in [-0.2, -0.15) is 0 Å². The summed E-state index contributed by atoms with van der Waals surface area (Å²) in [7, 11) is 2.94. The van der Waals surface area contributed by atoms with Crippen LogP contribution >= 0.6 is 0 Å². The minimum atomic E-state index is -0.513. The Bertz CT molecular complexity index is 517. The van der Waals surface area contributed by atoms with Gasteiger partial charge in [0.25, 0.3) is 0 Å². The van der Waals surface area contributed by atoms with Gasteiger partial charge in [0.2, 0.25) is 5.91 Å². The third-order valence-corrected chi connectivity index (χ3v) is 3.61. The van der Waals surface area contributed by atoms with Crippen molar-refractivity contribution >= 4 is 17.7 Å². The third-order valence-electron chi connectivity index (χ3n) is 3.61. The zero-order valence-electron chi connectivity index (χ0n) is 11.8. The molecule has 7 heteroatoms. The molecule has 1 N–H and O–H groups in total. The molecule has 108 valence electrons. The first kappa shape index (κ1) is 14.2. The number of ether oxygens (including phenoxy) is 1. The average Bonchev–Trinajstić information content (AvgIpc) is 2.89. The molecule has 1 saturated heterocycles. The summed E-state index contributed by atoms with van der Waals surface area (Å²) < 4.78 is 4.57. The summed E-state index contributed by atoms with van der Waals surface area (Å²) in [6, 6.07) is 0. The Hall–Kier alpha value is -2.18. The average molecular weight is 278 g/mol. The van der Waals surface area contributed by atoms with Crippen LogP contribution in [-0.2, 0) is 9.53 Å². The molecule has 1 unspecified atom stereocenters. The van der Waals surface area contributed by atoms with Gasteiger partial charge in [-0.1, -0.05) is 0 Å². The number of carbonyl (C=O) groups excluding carboxylic acids is 2. The number of hydrogen-bond donors (Lipinski definition) is 1. The maximum absolute atomic E-state index is 11.9. The molecule has 1 fully saturated rings. The zero-order valence-corrected chi connectivity index (χ0v) is 11.8. The smallest absolute Gasteiger partial charge is 0.358 e. The van der Waals surface area contributed by atoms with E-state index in [1.165, 1.54) is 19.5 Å². The fourth-order valence-electron chi connectivity index (χ4n) is 2.34. The Morgan fingerprint density at radius 2 is 2.15 bits per heavy atom. The highest BCUT2D eigenvalue weighted by Gasteiger charge is 2.40. The van der Waals surface area contributed by atoms with Gasteiger partial charge in [0.15, 0.2) is 5.69 Å². The van der Waals surface area contributed by atoms with E-state index in [2.05, 4.69) is 20.0 Å². The first-order valence-corrected chi connectivity index (χ1v) is 6.37. The molecule has 2 rings (SSSR count). The number of amides is 1. The molecular weight excluding hydrogens is 260 g/mol. The van der Waals surface area contributed by atoms with E-state index in [0.717, 1.165) is 13.0 Å². The highest BCUT2D eigenvalue weighted by molar-refractivity contribution is 5.87. The summed E-state index contributed by atoms with van der Waals surface area (Å²) in [6.45, 7) is 3.25. The van der Waals surface area contributed by atoms with Crippen molar-refractivity contribution in [3.63, 3.8) is 0 Å². The molecular formula is C13H18N4O3. The predicted octanol–water partition coefficient (Wildman–Crippen LogP) is 0.226. The molecule has 20 heavy (non-hydrogen) atoms. The maximum Gasteiger partial charge on any atom is 0.358 e. The topological polar surface area (TPSA) is 84.4 Å². The second kappa shape index (κ2) is 5.44. The molecule has 0 bridgehead atoms. The van der Waals surface area contributed by atoms with E-state index < -0.39 is 11.4 Å². The second-order valence-electron chi connectivity index (χ2n) is 5.06. The molecule has 7 nitrogen and oxygen atoms in total. The van der Waals surface area contributed by atoms with Crippen molar-refractivity contribution in [3.05, 3.63) is 18.1 Å². The highest BCUT2D eigenvalue weighted by atomic mass is 16.5. The second-order valence-corrected chi connectivity index (χ2v) is 5.06. The third kappa shape index (κ3) is 2.56. The minimum Gasteiger partial charge on any atom is -0.464 e. The van der Waals surface area contributed by atoms with Crippen LogP contribution in [0.2, 0.25) is 0 Å². The van der Waals surface area contributed by atoms with Gasteiger partial charge in [-0.05, 0) is 13.3 Å². The van der Waals surface area contributed by atoms with Crippen LogP contribution in [0.5, 0.6) is 0 Å². The Morgan fingerprint density at radius 3 is 2.70 bits per heavy atom. The van der Waals surface area contributed by atoms with Gasteiger partial charge >= 0.3 is 5.97 Å². The Kier molecular flexibility index (Phi) is 3.87. The lowest BCUT2D eigenvalue weighted by Crippen LogP contribution is -2.39. The number of esters is 1. The standard InChI is InChI=1S/C13H18N4O3/c1-13(12(19)14-2)4-5-17(8-13)10-7-15-9(6-16-10)11(18)20-3/h6-7H,4-5,8H2,1-3H3,(H,14,19). The Morgan fingerprint density at radius 1 is 1.40 bits per heavy atom. The summed E-state index contributed by atoms with van der Waals surface area (Å²) in [5, 5.41) is 2.69. The molecule has 1 atom stereocenters. The molecule has 0 radical (unpaired) electrons. The normalized spacial score (nSPS) is 21.6. The van der Waals surface area contributed by atoms with Crippen molar-refractivity contribution in [2.45, 2.75) is 13.3 Å². The number of hydrogen-bond acceptors (Lipinski definition) is 6. The van der Waals surface area contributed by atoms with Crippen molar-refractivity contribution in [2.75, 3.05) is 32.1 Å². The van der Waals surface area contributed by atoms with Gasteiger partial charge in [0, 0.05) is 20.1 Å². The van der Waals surface area contributed by atoms with Crippen LogP contribution < -0.4 is 10.2 Å². The van der Waals surface area contributed by atoms with Crippen molar-refractivity contribution < 1.29 is 14.3 Å². The van der Waals surface area contributed by atoms with Crippen LogP contribution in [0.1, 0.15) is 23.8 Å². The number of carbonyl (C=O) groups is 2. The van der Waals surface area contributed by atoms with E-state index in [-0.39, 0.29) is 11.6 Å². The van der Waals surface area contributed by atoms with E-state index in [1.54, 1.807) is 7.05 Å². The quantitative estimate of drug-likeness (QED) is 0.797. The lowest BCUT2D eigenvalue weighted by atomic mass is 9.89. The number of nitrogens with one attached hydrogen (secondary N) is 1. The van der Waals surface area contributed by atoms with Crippen LogP contribution in [0, 0.1) is 5.41 Å². The minimum absolute atomic E-state index is 0.0270. The van der Waals surface area contributed by atoms with E-state index >= 15 is 0 Å². The predicted molar refractivity (Wildman–Crippen MR) is 72.4 cm³/mol. The van der Waals surface area contributed by atoms with Crippen molar-refractivity contribution in [2.24, 2.45) is 5.41 Å². The van der Waals surface area contributed by atoms with Gasteiger partial charge in [-0.3, -0.25) is 4.79 Å². The number of rotatable bonds is 3. The van der Waals surface area contributed by atoms with Crippen LogP contribution in [0.4, 0.5) is 5.82 Å². The van der Waals surface area contributed by atoms with Crippen molar-refractivity contribution in [3.8, 4) is 0 Å². The van der Waals surface area contributed by atoms with Crippen LogP contribution in [-0.4, -0.2) is 49.1 Å². The summed E-state index contributed by atoms with van der Waals surface area (Å²) in [5.74, 6) is 0.171. The Balaban J connectivity index is 2.11. The van der Waals surface area contributed by atoms with Crippen LogP contribution in [0.15, 0.2) is 12.4 Å². The zero-order chi connectivity index (χ0) is 14.8. The van der Waals surface area contributed by atoms with Gasteiger partial charge < -0.3 is 15.0 Å². The Labute approximate surface area is 117 Å². The SMILES string of the molecule is CNC(=O)C1(C)CCN(c2cnc(C(=O)OC)cn2)C1. The molecule has 0 aromatic carbocycles. The first-order chi connectivity index (χ1) is 9.50. The number of aromatic nitrogens is 2. The molecule has 0 spiro atoms. The first-order valence-electron chi connectivity index (χ1n) is 6.37. The van der Waals surface area contributed by atoms with Gasteiger partial charge in [0.1, 0.15) is 5.82 Å². The lowest BCUT2D eigenvalue weighted by Gasteiger charge is -2.23. The summed E-state index contributed by atoms with van der Waals surface area (Å²) in [5.41, 5.74) is -0.248. The van der Waals surface area contributed by atoms with Crippen LogP contribution in [0.3, 0.4) is 0 Å². The molecule has 1 amide bonds. The van der Waals surface area contributed by atoms with E-state index in [0.29, 0.717) is 12.4 Å². The molecule has 0 saturated carbocycles. The van der Waals surface area contributed by atoms with Gasteiger partial charge in [-0.25, -0.2) is 14.8 Å². The van der Waals surface area contributed by atoms with Gasteiger partial charge in [-0.15, -0.1) is 0 Å². The molecule has 1 aliphatic rings. The largest absolute Gasteiger partial charge is 0.464 e. The van der Waals surface area contributed by atoms with E-state index in [9.17, 15) is 9.59 Å². The number of nitrogens with zero attached hydrogens (tertiary/aromatic N) is 3. The fraction of sp³-hybridized carbons (Fsp3) is 0.538.